The minimum absolute atomic E-state index is 0.0727. The van der Waals surface area contributed by atoms with Crippen molar-refractivity contribution >= 4 is 31.9 Å². The molecule has 150 valence electrons. The number of rotatable bonds is 6. The van der Waals surface area contributed by atoms with Crippen molar-refractivity contribution in [1.82, 2.24) is 14.5 Å². The van der Waals surface area contributed by atoms with Crippen molar-refractivity contribution in [2.45, 2.75) is 17.9 Å². The van der Waals surface area contributed by atoms with E-state index in [1.165, 1.54) is 4.31 Å². The zero-order valence-electron chi connectivity index (χ0n) is 15.8. The Morgan fingerprint density at radius 2 is 1.54 bits per heavy atom. The van der Waals surface area contributed by atoms with Crippen LogP contribution >= 0.6 is 15.9 Å². The maximum atomic E-state index is 12.7. The van der Waals surface area contributed by atoms with Crippen molar-refractivity contribution in [1.29, 1.82) is 0 Å². The van der Waals surface area contributed by atoms with E-state index in [1.54, 1.807) is 24.3 Å². The van der Waals surface area contributed by atoms with Gasteiger partial charge in [0.15, 0.2) is 0 Å². The average Bonchev–Trinajstić information content (AvgIpc) is 2.69. The monoisotopic (exact) mass is 465 g/mol. The van der Waals surface area contributed by atoms with Crippen LogP contribution in [-0.4, -0.2) is 56.8 Å². The maximum Gasteiger partial charge on any atom is 0.243 e. The zero-order chi connectivity index (χ0) is 20.1. The molecule has 0 radical (unpaired) electrons. The Hall–Kier alpha value is -1.74. The van der Waals surface area contributed by atoms with Crippen molar-refractivity contribution in [2.24, 2.45) is 0 Å². The lowest BCUT2D eigenvalue weighted by Crippen LogP contribution is -2.47. The second kappa shape index (κ2) is 9.17. The van der Waals surface area contributed by atoms with Crippen LogP contribution in [0, 0.1) is 0 Å². The van der Waals surface area contributed by atoms with Gasteiger partial charge in [-0.2, -0.15) is 4.31 Å². The third-order valence-electron chi connectivity index (χ3n) is 4.79. The lowest BCUT2D eigenvalue weighted by atomic mass is 10.1. The molecule has 0 spiro atoms. The van der Waals surface area contributed by atoms with Gasteiger partial charge < -0.3 is 10.2 Å². The Morgan fingerprint density at radius 3 is 2.14 bits per heavy atom. The smallest absolute Gasteiger partial charge is 0.243 e. The molecule has 1 aliphatic heterocycles. The molecule has 28 heavy (non-hydrogen) atoms. The van der Waals surface area contributed by atoms with E-state index in [0.717, 1.165) is 28.7 Å². The Bertz CT molecular complexity index is 907. The van der Waals surface area contributed by atoms with Gasteiger partial charge in [0, 0.05) is 37.2 Å². The van der Waals surface area contributed by atoms with Gasteiger partial charge in [-0.1, -0.05) is 40.2 Å². The van der Waals surface area contributed by atoms with Crippen molar-refractivity contribution in [3.8, 4) is 0 Å². The Kier molecular flexibility index (Phi) is 6.87. The number of nitrogens with one attached hydrogen (secondary N) is 1. The minimum atomic E-state index is -3.46. The summed E-state index contributed by atoms with van der Waals surface area (Å²) in [6.07, 6.45) is 0.309. The molecule has 1 saturated heterocycles. The number of carbonyl (C=O) groups excluding carboxylic acids is 1. The number of sulfonamides is 1. The second-order valence-corrected chi connectivity index (χ2v) is 9.78. The molecule has 0 unspecified atom stereocenters. The van der Waals surface area contributed by atoms with Crippen LogP contribution in [0.15, 0.2) is 57.9 Å². The second-order valence-electron chi connectivity index (χ2n) is 6.93. The first-order valence-electron chi connectivity index (χ1n) is 9.13. The molecule has 1 heterocycles. The van der Waals surface area contributed by atoms with Crippen LogP contribution in [0.1, 0.15) is 11.1 Å². The fraction of sp³-hybridized carbons (Fsp3) is 0.350. The molecule has 1 fully saturated rings. The van der Waals surface area contributed by atoms with Crippen molar-refractivity contribution in [3.63, 3.8) is 0 Å². The van der Waals surface area contributed by atoms with Crippen molar-refractivity contribution in [3.05, 3.63) is 64.1 Å². The summed E-state index contributed by atoms with van der Waals surface area (Å²) in [6, 6.07) is 14.4. The Labute approximate surface area is 174 Å². The standard InChI is InChI=1S/C20H24BrN3O3S/c1-23-10-12-24(13-11-23)28(26,27)19-8-4-17(5-9-19)15-22-20(25)14-16-2-6-18(21)7-3-16/h2-9H,10-15H2,1H3,(H,22,25). The number of piperazine rings is 1. The summed E-state index contributed by atoms with van der Waals surface area (Å²) in [6.45, 7) is 2.85. The first-order chi connectivity index (χ1) is 13.3. The lowest BCUT2D eigenvalue weighted by Gasteiger charge is -2.31. The normalized spacial score (nSPS) is 16.1. The fourth-order valence-corrected chi connectivity index (χ4v) is 4.69. The van der Waals surface area contributed by atoms with Crippen LogP contribution in [0.5, 0.6) is 0 Å². The van der Waals surface area contributed by atoms with E-state index >= 15 is 0 Å². The zero-order valence-corrected chi connectivity index (χ0v) is 18.2. The molecule has 3 rings (SSSR count). The van der Waals surface area contributed by atoms with Gasteiger partial charge in [0.05, 0.1) is 11.3 Å². The number of halogens is 1. The Morgan fingerprint density at radius 1 is 0.964 bits per heavy atom. The molecular formula is C20H24BrN3O3S. The maximum absolute atomic E-state index is 12.7. The van der Waals surface area contributed by atoms with Crippen LogP contribution in [0.2, 0.25) is 0 Å². The number of carbonyl (C=O) groups is 1. The summed E-state index contributed by atoms with van der Waals surface area (Å²) in [7, 11) is -1.47. The van der Waals surface area contributed by atoms with E-state index in [4.69, 9.17) is 0 Å². The molecule has 0 aromatic heterocycles. The molecule has 2 aromatic carbocycles. The fourth-order valence-electron chi connectivity index (χ4n) is 3.01. The number of hydrogen-bond acceptors (Lipinski definition) is 4. The van der Waals surface area contributed by atoms with Gasteiger partial charge in [-0.25, -0.2) is 8.42 Å². The van der Waals surface area contributed by atoms with Crippen molar-refractivity contribution < 1.29 is 13.2 Å². The Balaban J connectivity index is 1.55. The highest BCUT2D eigenvalue weighted by Crippen LogP contribution is 2.18. The topological polar surface area (TPSA) is 69.7 Å². The molecular weight excluding hydrogens is 442 g/mol. The number of benzene rings is 2. The number of nitrogens with zero attached hydrogens (tertiary/aromatic N) is 2. The molecule has 1 amide bonds. The van der Waals surface area contributed by atoms with E-state index in [1.807, 2.05) is 31.3 Å². The molecule has 8 heteroatoms. The van der Waals surface area contributed by atoms with E-state index in [0.29, 0.717) is 31.0 Å². The molecule has 2 aromatic rings. The van der Waals surface area contributed by atoms with Gasteiger partial charge in [-0.3, -0.25) is 4.79 Å². The van der Waals surface area contributed by atoms with E-state index in [9.17, 15) is 13.2 Å². The van der Waals surface area contributed by atoms with Gasteiger partial charge >= 0.3 is 0 Å². The van der Waals surface area contributed by atoms with Gasteiger partial charge in [0.25, 0.3) is 0 Å². The van der Waals surface area contributed by atoms with Crippen LogP contribution in [0.25, 0.3) is 0 Å². The lowest BCUT2D eigenvalue weighted by molar-refractivity contribution is -0.120. The van der Waals surface area contributed by atoms with Crippen LogP contribution in [0.3, 0.4) is 0 Å². The first kappa shape index (κ1) is 21.0. The van der Waals surface area contributed by atoms with E-state index < -0.39 is 10.0 Å². The van der Waals surface area contributed by atoms with Gasteiger partial charge in [-0.15, -0.1) is 0 Å². The summed E-state index contributed by atoms with van der Waals surface area (Å²) in [4.78, 5) is 14.5. The number of likely N-dealkylation sites (N-methyl/N-ethyl adjacent to an activating group) is 1. The van der Waals surface area contributed by atoms with Crippen molar-refractivity contribution in [2.75, 3.05) is 33.2 Å². The molecule has 0 aliphatic carbocycles. The summed E-state index contributed by atoms with van der Waals surface area (Å²) < 4.78 is 28.0. The van der Waals surface area contributed by atoms with E-state index in [2.05, 4.69) is 26.1 Å². The predicted octanol–water partition coefficient (Wildman–Crippen LogP) is 2.24. The van der Waals surface area contributed by atoms with E-state index in [-0.39, 0.29) is 5.91 Å². The van der Waals surface area contributed by atoms with Gasteiger partial charge in [0.2, 0.25) is 15.9 Å². The quantitative estimate of drug-likeness (QED) is 0.709. The molecule has 1 N–H and O–H groups in total. The van der Waals surface area contributed by atoms with Crippen LogP contribution in [-0.2, 0) is 27.8 Å². The number of hydrogen-bond donors (Lipinski definition) is 1. The third kappa shape index (κ3) is 5.41. The summed E-state index contributed by atoms with van der Waals surface area (Å²) in [5, 5.41) is 2.87. The summed E-state index contributed by atoms with van der Waals surface area (Å²) in [5.41, 5.74) is 1.80. The molecule has 0 atom stereocenters. The highest BCUT2D eigenvalue weighted by atomic mass is 79.9. The third-order valence-corrected chi connectivity index (χ3v) is 7.23. The summed E-state index contributed by atoms with van der Waals surface area (Å²) >= 11 is 3.37. The summed E-state index contributed by atoms with van der Waals surface area (Å²) in [5.74, 6) is -0.0727. The first-order valence-corrected chi connectivity index (χ1v) is 11.4. The largest absolute Gasteiger partial charge is 0.352 e. The van der Waals surface area contributed by atoms with Crippen LogP contribution in [0.4, 0.5) is 0 Å². The average molecular weight is 466 g/mol. The minimum Gasteiger partial charge on any atom is -0.352 e. The SMILES string of the molecule is CN1CCN(S(=O)(=O)c2ccc(CNC(=O)Cc3ccc(Br)cc3)cc2)CC1. The highest BCUT2D eigenvalue weighted by molar-refractivity contribution is 9.10. The predicted molar refractivity (Wildman–Crippen MR) is 112 cm³/mol. The molecule has 1 aliphatic rings. The van der Waals surface area contributed by atoms with Gasteiger partial charge in [-0.05, 0) is 42.4 Å². The molecule has 0 bridgehead atoms. The van der Waals surface area contributed by atoms with Crippen LogP contribution < -0.4 is 5.32 Å². The molecule has 6 nitrogen and oxygen atoms in total. The van der Waals surface area contributed by atoms with Gasteiger partial charge in [0.1, 0.15) is 0 Å². The number of amides is 1. The highest BCUT2D eigenvalue weighted by Gasteiger charge is 2.27. The molecule has 0 saturated carbocycles.